The van der Waals surface area contributed by atoms with Crippen molar-refractivity contribution < 1.29 is 14.0 Å². The number of likely N-dealkylation sites (tertiary alicyclic amines) is 1. The van der Waals surface area contributed by atoms with Crippen molar-refractivity contribution >= 4 is 35.2 Å². The first-order chi connectivity index (χ1) is 13.8. The maximum absolute atomic E-state index is 13.3. The maximum Gasteiger partial charge on any atom is 0.314 e. The van der Waals surface area contributed by atoms with Gasteiger partial charge in [0.15, 0.2) is 0 Å². The zero-order valence-electron chi connectivity index (χ0n) is 16.0. The minimum absolute atomic E-state index is 0.0584. The molecule has 0 spiro atoms. The number of piperidine rings is 1. The number of carbonyl (C=O) groups is 2. The van der Waals surface area contributed by atoms with E-state index in [9.17, 15) is 14.0 Å². The highest BCUT2D eigenvalue weighted by Crippen LogP contribution is 2.34. The van der Waals surface area contributed by atoms with E-state index < -0.39 is 11.8 Å². The van der Waals surface area contributed by atoms with Gasteiger partial charge in [0.1, 0.15) is 11.6 Å². The molecule has 1 fully saturated rings. The van der Waals surface area contributed by atoms with Crippen LogP contribution in [0.2, 0.25) is 0 Å². The van der Waals surface area contributed by atoms with E-state index in [2.05, 4.69) is 10.3 Å². The quantitative estimate of drug-likeness (QED) is 0.464. The summed E-state index contributed by atoms with van der Waals surface area (Å²) in [4.78, 5) is 31.0. The highest BCUT2D eigenvalue weighted by atomic mass is 19.1. The number of hydrogen-bond acceptors (Lipinski definition) is 6. The molecule has 1 aromatic carbocycles. The molecule has 0 bridgehead atoms. The smallest absolute Gasteiger partial charge is 0.314 e. The summed E-state index contributed by atoms with van der Waals surface area (Å²) in [6.45, 7) is 2.42. The number of pyridine rings is 1. The third-order valence-electron chi connectivity index (χ3n) is 5.11. The van der Waals surface area contributed by atoms with E-state index in [4.69, 9.17) is 16.9 Å². The van der Waals surface area contributed by atoms with Crippen LogP contribution in [0, 0.1) is 17.1 Å². The van der Waals surface area contributed by atoms with E-state index in [0.717, 1.165) is 18.2 Å². The summed E-state index contributed by atoms with van der Waals surface area (Å²) >= 11 is 0. The Bertz CT molecular complexity index is 947. The first-order valence-corrected chi connectivity index (χ1v) is 9.23. The molecule has 152 valence electrons. The average molecular weight is 398 g/mol. The summed E-state index contributed by atoms with van der Waals surface area (Å²) in [6.07, 6.45) is 3.76. The zero-order valence-corrected chi connectivity index (χ0v) is 16.0. The number of rotatable bonds is 3. The molecule has 2 amide bonds. The molecular weight excluding hydrogens is 375 g/mol. The summed E-state index contributed by atoms with van der Waals surface area (Å²) in [6, 6.07) is 5.63. The number of aromatic nitrogens is 1. The fraction of sp³-hybridized carbons (Fsp3) is 0.300. The van der Waals surface area contributed by atoms with Gasteiger partial charge in [-0.3, -0.25) is 9.59 Å². The van der Waals surface area contributed by atoms with Crippen molar-refractivity contribution in [2.45, 2.75) is 25.8 Å². The van der Waals surface area contributed by atoms with Gasteiger partial charge in [-0.25, -0.2) is 9.37 Å². The van der Waals surface area contributed by atoms with Gasteiger partial charge in [0.25, 0.3) is 0 Å². The predicted molar refractivity (Wildman–Crippen MR) is 109 cm³/mol. The number of benzene rings is 1. The first kappa shape index (κ1) is 20.2. The number of nitrogen functional groups attached to an aromatic ring is 2. The van der Waals surface area contributed by atoms with Gasteiger partial charge in [-0.1, -0.05) is 19.1 Å². The molecule has 0 aliphatic carbocycles. The SMILES string of the molecule is C[C@@H]1CCC(c2ccc(F)cc2)N(C(=O)C(=O)Nc2cnc(N)c(C=N)c2N)C1. The Kier molecular flexibility index (Phi) is 5.76. The lowest BCUT2D eigenvalue weighted by molar-refractivity contribution is -0.146. The standard InChI is InChI=1S/C20H23FN6O2/c1-11-2-7-16(12-3-5-13(21)6-4-12)27(10-11)20(29)19(28)26-15-9-25-18(24)14(8-22)17(15)23/h3-6,8-9,11,16,22H,2,7,10H2,1H3,(H,26,28)(H4,23,24,25)/t11-,16?/m1/s1. The Balaban J connectivity index is 1.83. The molecule has 1 aliphatic heterocycles. The van der Waals surface area contributed by atoms with E-state index in [1.165, 1.54) is 23.2 Å². The second kappa shape index (κ2) is 8.26. The molecule has 2 heterocycles. The molecule has 8 nitrogen and oxygen atoms in total. The Labute approximate surface area is 167 Å². The van der Waals surface area contributed by atoms with Gasteiger partial charge in [-0.2, -0.15) is 0 Å². The summed E-state index contributed by atoms with van der Waals surface area (Å²) in [7, 11) is 0. The molecule has 2 atom stereocenters. The Morgan fingerprint density at radius 3 is 2.62 bits per heavy atom. The maximum atomic E-state index is 13.3. The fourth-order valence-electron chi connectivity index (χ4n) is 3.52. The van der Waals surface area contributed by atoms with Crippen LogP contribution in [0.15, 0.2) is 30.5 Å². The number of halogens is 1. The zero-order chi connectivity index (χ0) is 21.1. The van der Waals surface area contributed by atoms with E-state index in [1.54, 1.807) is 12.1 Å². The molecule has 0 saturated carbocycles. The molecule has 0 radical (unpaired) electrons. The van der Waals surface area contributed by atoms with Crippen LogP contribution in [-0.4, -0.2) is 34.5 Å². The van der Waals surface area contributed by atoms with Crippen LogP contribution < -0.4 is 16.8 Å². The largest absolute Gasteiger partial charge is 0.396 e. The average Bonchev–Trinajstić information content (AvgIpc) is 2.70. The molecule has 6 N–H and O–H groups in total. The van der Waals surface area contributed by atoms with E-state index in [1.807, 2.05) is 6.92 Å². The van der Waals surface area contributed by atoms with E-state index >= 15 is 0 Å². The van der Waals surface area contributed by atoms with E-state index in [0.29, 0.717) is 13.0 Å². The van der Waals surface area contributed by atoms with E-state index in [-0.39, 0.29) is 40.5 Å². The Hall–Kier alpha value is -3.49. The number of nitrogens with zero attached hydrogens (tertiary/aromatic N) is 2. The Morgan fingerprint density at radius 1 is 1.28 bits per heavy atom. The number of anilines is 3. The lowest BCUT2D eigenvalue weighted by Gasteiger charge is -2.38. The highest BCUT2D eigenvalue weighted by Gasteiger charge is 2.34. The van der Waals surface area contributed by atoms with Gasteiger partial charge in [0.2, 0.25) is 0 Å². The van der Waals surface area contributed by atoms with Crippen LogP contribution in [-0.2, 0) is 9.59 Å². The Morgan fingerprint density at radius 2 is 1.97 bits per heavy atom. The van der Waals surface area contributed by atoms with Crippen molar-refractivity contribution in [1.82, 2.24) is 9.88 Å². The van der Waals surface area contributed by atoms with Crippen LogP contribution in [0.3, 0.4) is 0 Å². The molecule has 29 heavy (non-hydrogen) atoms. The van der Waals surface area contributed by atoms with Gasteiger partial charge in [-0.15, -0.1) is 0 Å². The molecular formula is C20H23FN6O2. The van der Waals surface area contributed by atoms with Crippen LogP contribution in [0.4, 0.5) is 21.6 Å². The summed E-state index contributed by atoms with van der Waals surface area (Å²) < 4.78 is 13.3. The van der Waals surface area contributed by atoms with Gasteiger partial charge in [-0.05, 0) is 36.5 Å². The normalized spacial score (nSPS) is 18.9. The monoisotopic (exact) mass is 398 g/mol. The summed E-state index contributed by atoms with van der Waals surface area (Å²) in [5.41, 5.74) is 12.7. The van der Waals surface area contributed by atoms with Gasteiger partial charge in [0.05, 0.1) is 29.2 Å². The van der Waals surface area contributed by atoms with Crippen molar-refractivity contribution in [2.75, 3.05) is 23.3 Å². The van der Waals surface area contributed by atoms with Gasteiger partial charge in [0, 0.05) is 12.8 Å². The minimum Gasteiger partial charge on any atom is -0.396 e. The lowest BCUT2D eigenvalue weighted by Crippen LogP contribution is -2.46. The summed E-state index contributed by atoms with van der Waals surface area (Å²) in [5.74, 6) is -1.64. The van der Waals surface area contributed by atoms with Gasteiger partial charge >= 0.3 is 11.8 Å². The van der Waals surface area contributed by atoms with Crippen molar-refractivity contribution in [3.63, 3.8) is 0 Å². The summed E-state index contributed by atoms with van der Waals surface area (Å²) in [5, 5.41) is 9.84. The molecule has 2 aromatic rings. The molecule has 1 aliphatic rings. The third-order valence-corrected chi connectivity index (χ3v) is 5.11. The molecule has 1 unspecified atom stereocenters. The minimum atomic E-state index is -0.861. The highest BCUT2D eigenvalue weighted by molar-refractivity contribution is 6.40. The van der Waals surface area contributed by atoms with Crippen molar-refractivity contribution in [1.29, 1.82) is 5.41 Å². The lowest BCUT2D eigenvalue weighted by atomic mass is 9.90. The van der Waals surface area contributed by atoms with Crippen LogP contribution in [0.5, 0.6) is 0 Å². The predicted octanol–water partition coefficient (Wildman–Crippen LogP) is 2.32. The number of hydrogen-bond donors (Lipinski definition) is 4. The topological polar surface area (TPSA) is 138 Å². The number of amides is 2. The second-order valence-corrected chi connectivity index (χ2v) is 7.19. The molecule has 9 heteroatoms. The second-order valence-electron chi connectivity index (χ2n) is 7.19. The van der Waals surface area contributed by atoms with Crippen LogP contribution in [0.25, 0.3) is 0 Å². The molecule has 1 saturated heterocycles. The first-order valence-electron chi connectivity index (χ1n) is 9.23. The number of nitrogens with two attached hydrogens (primary N) is 2. The van der Waals surface area contributed by atoms with Crippen molar-refractivity contribution in [3.8, 4) is 0 Å². The third kappa shape index (κ3) is 4.18. The molecule has 3 rings (SSSR count). The van der Waals surface area contributed by atoms with Gasteiger partial charge < -0.3 is 27.1 Å². The number of nitrogens with one attached hydrogen (secondary N) is 2. The fourth-order valence-corrected chi connectivity index (χ4v) is 3.52. The van der Waals surface area contributed by atoms with Crippen LogP contribution >= 0.6 is 0 Å². The molecule has 1 aromatic heterocycles. The van der Waals surface area contributed by atoms with Crippen molar-refractivity contribution in [2.24, 2.45) is 5.92 Å². The van der Waals surface area contributed by atoms with Crippen LogP contribution in [0.1, 0.15) is 36.9 Å². The number of carbonyl (C=O) groups excluding carboxylic acids is 2. The van der Waals surface area contributed by atoms with Crippen molar-refractivity contribution in [3.05, 3.63) is 47.4 Å².